The van der Waals surface area contributed by atoms with Crippen molar-refractivity contribution in [2.24, 2.45) is 0 Å². The summed E-state index contributed by atoms with van der Waals surface area (Å²) in [6.07, 6.45) is -0.0738. The van der Waals surface area contributed by atoms with Gasteiger partial charge in [0, 0.05) is 0 Å². The molecule has 1 N–H and O–H groups in total. The third-order valence-electron chi connectivity index (χ3n) is 1.91. The second-order valence-corrected chi connectivity index (χ2v) is 2.61. The topological polar surface area (TPSA) is 59.1 Å². The van der Waals surface area contributed by atoms with Crippen LogP contribution in [0.4, 0.5) is 0 Å². The van der Waals surface area contributed by atoms with Gasteiger partial charge in [-0.3, -0.25) is 4.79 Å². The number of carbonyl (C=O) groups excluding carboxylic acids is 1. The first-order chi connectivity index (χ1) is 5.24. The SMILES string of the molecule is COC1=C[C@@H](O)[C@H]2O[C@H]2C1=O. The molecule has 4 heteroatoms. The van der Waals surface area contributed by atoms with Crippen LogP contribution in [0, 0.1) is 0 Å². The maximum atomic E-state index is 11.1. The maximum absolute atomic E-state index is 11.1. The van der Waals surface area contributed by atoms with E-state index in [4.69, 9.17) is 9.47 Å². The van der Waals surface area contributed by atoms with Crippen LogP contribution >= 0.6 is 0 Å². The molecule has 0 bridgehead atoms. The van der Waals surface area contributed by atoms with E-state index in [1.807, 2.05) is 0 Å². The zero-order valence-corrected chi connectivity index (χ0v) is 5.98. The van der Waals surface area contributed by atoms with E-state index in [0.29, 0.717) is 0 Å². The maximum Gasteiger partial charge on any atom is 0.228 e. The largest absolute Gasteiger partial charge is 0.493 e. The van der Waals surface area contributed by atoms with Gasteiger partial charge in [0.25, 0.3) is 0 Å². The van der Waals surface area contributed by atoms with Crippen LogP contribution in [0.25, 0.3) is 0 Å². The van der Waals surface area contributed by atoms with Crippen molar-refractivity contribution in [3.8, 4) is 0 Å². The van der Waals surface area contributed by atoms with Crippen LogP contribution in [0.3, 0.4) is 0 Å². The van der Waals surface area contributed by atoms with E-state index in [9.17, 15) is 9.90 Å². The summed E-state index contributed by atoms with van der Waals surface area (Å²) in [5.41, 5.74) is 0. The lowest BCUT2D eigenvalue weighted by molar-refractivity contribution is -0.119. The van der Waals surface area contributed by atoms with Crippen LogP contribution in [-0.2, 0) is 14.3 Å². The van der Waals surface area contributed by atoms with Crippen molar-refractivity contribution in [2.45, 2.75) is 18.3 Å². The first-order valence-corrected chi connectivity index (χ1v) is 3.37. The second-order valence-electron chi connectivity index (χ2n) is 2.61. The van der Waals surface area contributed by atoms with E-state index < -0.39 is 12.2 Å². The molecule has 1 saturated heterocycles. The normalized spacial score (nSPS) is 41.1. The van der Waals surface area contributed by atoms with Crippen molar-refractivity contribution < 1.29 is 19.4 Å². The van der Waals surface area contributed by atoms with Gasteiger partial charge in [0.1, 0.15) is 12.2 Å². The minimum Gasteiger partial charge on any atom is -0.493 e. The fourth-order valence-electron chi connectivity index (χ4n) is 1.24. The molecule has 4 nitrogen and oxygen atoms in total. The Kier molecular flexibility index (Phi) is 1.27. The van der Waals surface area contributed by atoms with Gasteiger partial charge >= 0.3 is 0 Å². The average molecular weight is 156 g/mol. The minimum absolute atomic E-state index is 0.164. The van der Waals surface area contributed by atoms with Gasteiger partial charge < -0.3 is 14.6 Å². The molecule has 0 radical (unpaired) electrons. The van der Waals surface area contributed by atoms with Gasteiger partial charge in [0.05, 0.1) is 7.11 Å². The summed E-state index contributed by atoms with van der Waals surface area (Å²) in [5.74, 6) is 0.0408. The van der Waals surface area contributed by atoms with E-state index in [1.54, 1.807) is 0 Å². The van der Waals surface area contributed by atoms with Gasteiger partial charge in [0.15, 0.2) is 11.9 Å². The highest BCUT2D eigenvalue weighted by Crippen LogP contribution is 2.33. The van der Waals surface area contributed by atoms with Gasteiger partial charge in [-0.2, -0.15) is 0 Å². The van der Waals surface area contributed by atoms with Crippen LogP contribution in [0.15, 0.2) is 11.8 Å². The van der Waals surface area contributed by atoms with E-state index in [1.165, 1.54) is 13.2 Å². The summed E-state index contributed by atoms with van der Waals surface area (Å²) in [5, 5.41) is 9.21. The monoisotopic (exact) mass is 156 g/mol. The fourth-order valence-corrected chi connectivity index (χ4v) is 1.24. The Hall–Kier alpha value is -0.870. The summed E-state index contributed by atoms with van der Waals surface area (Å²) in [4.78, 5) is 11.1. The molecule has 60 valence electrons. The number of methoxy groups -OCH3 is 1. The number of ether oxygens (including phenoxy) is 2. The summed E-state index contributed by atoms with van der Waals surface area (Å²) in [7, 11) is 1.40. The Bertz CT molecular complexity index is 233. The van der Waals surface area contributed by atoms with Crippen molar-refractivity contribution >= 4 is 5.78 Å². The third kappa shape index (κ3) is 0.868. The molecule has 0 amide bonds. The number of hydrogen-bond donors (Lipinski definition) is 1. The second kappa shape index (κ2) is 2.06. The highest BCUT2D eigenvalue weighted by Gasteiger charge is 2.53. The summed E-state index contributed by atoms with van der Waals surface area (Å²) < 4.78 is 9.65. The molecule has 0 spiro atoms. The number of rotatable bonds is 1. The highest BCUT2D eigenvalue weighted by atomic mass is 16.6. The molecule has 2 aliphatic rings. The van der Waals surface area contributed by atoms with Crippen molar-refractivity contribution in [3.63, 3.8) is 0 Å². The van der Waals surface area contributed by atoms with E-state index in [0.717, 1.165) is 0 Å². The standard InChI is InChI=1S/C7H8O4/c1-10-4-2-3(8)6-7(11-6)5(4)9/h2-3,6-8H,1H3/t3-,6-,7+/m1/s1. The van der Waals surface area contributed by atoms with Crippen LogP contribution in [0.5, 0.6) is 0 Å². The number of Topliss-reactive ketones (excluding diaryl/α,β-unsaturated/α-hetero) is 1. The highest BCUT2D eigenvalue weighted by molar-refractivity contribution is 6.00. The number of hydrogen-bond acceptors (Lipinski definition) is 4. The van der Waals surface area contributed by atoms with E-state index in [2.05, 4.69) is 0 Å². The predicted octanol–water partition coefficient (Wildman–Crippen LogP) is -0.772. The molecule has 0 aromatic carbocycles. The lowest BCUT2D eigenvalue weighted by Gasteiger charge is -2.10. The molecule has 2 rings (SSSR count). The van der Waals surface area contributed by atoms with E-state index in [-0.39, 0.29) is 17.6 Å². The van der Waals surface area contributed by atoms with Crippen LogP contribution in [-0.4, -0.2) is 36.3 Å². The lowest BCUT2D eigenvalue weighted by atomic mass is 10.0. The van der Waals surface area contributed by atoms with Gasteiger partial charge in [-0.15, -0.1) is 0 Å². The van der Waals surface area contributed by atoms with Crippen LogP contribution < -0.4 is 0 Å². The number of aliphatic hydroxyl groups is 1. The molecule has 11 heavy (non-hydrogen) atoms. The zero-order valence-electron chi connectivity index (χ0n) is 5.98. The van der Waals surface area contributed by atoms with Gasteiger partial charge in [-0.05, 0) is 6.08 Å². The van der Waals surface area contributed by atoms with Crippen LogP contribution in [0.2, 0.25) is 0 Å². The first kappa shape index (κ1) is 6.82. The minimum atomic E-state index is -0.687. The Morgan fingerprint density at radius 3 is 3.09 bits per heavy atom. The predicted molar refractivity (Wildman–Crippen MR) is 34.8 cm³/mol. The van der Waals surface area contributed by atoms with E-state index >= 15 is 0 Å². The number of fused-ring (bicyclic) bond motifs is 1. The molecule has 1 aliphatic carbocycles. The zero-order chi connectivity index (χ0) is 8.01. The Balaban J connectivity index is 2.25. The Morgan fingerprint density at radius 2 is 2.45 bits per heavy atom. The molecular weight excluding hydrogens is 148 g/mol. The molecule has 3 atom stereocenters. The average Bonchev–Trinajstić information content (AvgIpc) is 2.75. The summed E-state index contributed by atoms with van der Waals surface area (Å²) in [6, 6.07) is 0. The Morgan fingerprint density at radius 1 is 1.73 bits per heavy atom. The molecule has 0 aromatic heterocycles. The number of ketones is 1. The first-order valence-electron chi connectivity index (χ1n) is 3.37. The van der Waals surface area contributed by atoms with Gasteiger partial charge in [-0.1, -0.05) is 0 Å². The summed E-state index contributed by atoms with van der Waals surface area (Å²) in [6.45, 7) is 0. The molecular formula is C7H8O4. The fraction of sp³-hybridized carbons (Fsp3) is 0.571. The molecule has 1 aliphatic heterocycles. The van der Waals surface area contributed by atoms with Crippen molar-refractivity contribution in [1.82, 2.24) is 0 Å². The Labute approximate surface area is 63.4 Å². The van der Waals surface area contributed by atoms with Crippen molar-refractivity contribution in [3.05, 3.63) is 11.8 Å². The van der Waals surface area contributed by atoms with Crippen molar-refractivity contribution in [2.75, 3.05) is 7.11 Å². The van der Waals surface area contributed by atoms with Gasteiger partial charge in [-0.25, -0.2) is 0 Å². The molecule has 1 heterocycles. The molecule has 0 saturated carbocycles. The number of epoxide rings is 1. The lowest BCUT2D eigenvalue weighted by Crippen LogP contribution is -2.27. The molecule has 0 unspecified atom stereocenters. The van der Waals surface area contributed by atoms with Crippen molar-refractivity contribution in [1.29, 1.82) is 0 Å². The summed E-state index contributed by atoms with van der Waals surface area (Å²) >= 11 is 0. The van der Waals surface area contributed by atoms with Gasteiger partial charge in [0.2, 0.25) is 5.78 Å². The third-order valence-corrected chi connectivity index (χ3v) is 1.91. The van der Waals surface area contributed by atoms with Crippen LogP contribution in [0.1, 0.15) is 0 Å². The number of aliphatic hydroxyl groups excluding tert-OH is 1. The smallest absolute Gasteiger partial charge is 0.228 e. The number of carbonyl (C=O) groups is 1. The molecule has 0 aromatic rings. The molecule has 1 fully saturated rings. The quantitative estimate of drug-likeness (QED) is 0.506.